The molecule has 0 radical (unpaired) electrons. The summed E-state index contributed by atoms with van der Waals surface area (Å²) in [4.78, 5) is 25.1. The Morgan fingerprint density at radius 3 is 2.88 bits per heavy atom. The van der Waals surface area contributed by atoms with Crippen LogP contribution in [0.4, 0.5) is 0 Å². The molecule has 0 spiro atoms. The van der Waals surface area contributed by atoms with Crippen LogP contribution < -0.4 is 4.74 Å². The van der Waals surface area contributed by atoms with Crippen molar-refractivity contribution < 1.29 is 19.4 Å². The number of nitrogens with zero attached hydrogens (tertiary/aromatic N) is 1. The van der Waals surface area contributed by atoms with Gasteiger partial charge in [-0.2, -0.15) is 0 Å². The van der Waals surface area contributed by atoms with E-state index in [1.807, 2.05) is 18.2 Å². The molecule has 1 aromatic carbocycles. The molecule has 136 valence electrons. The third-order valence-electron chi connectivity index (χ3n) is 4.35. The number of carboxylic acids is 1. The van der Waals surface area contributed by atoms with Gasteiger partial charge in [0.2, 0.25) is 0 Å². The first-order chi connectivity index (χ1) is 12.2. The first-order valence-corrected chi connectivity index (χ1v) is 9.39. The van der Waals surface area contributed by atoms with E-state index in [-0.39, 0.29) is 9.92 Å². The summed E-state index contributed by atoms with van der Waals surface area (Å²) in [5.41, 5.74) is 2.40. The largest absolute Gasteiger partial charge is 0.488 e. The molecule has 0 atom stereocenters. The maximum Gasteiger partial charge on any atom is 0.323 e. The van der Waals surface area contributed by atoms with Crippen molar-refractivity contribution in [2.45, 2.75) is 32.3 Å². The fourth-order valence-corrected chi connectivity index (χ4v) is 4.34. The number of allylic oxidation sites excluding steroid dienone is 2. The Kier molecular flexibility index (Phi) is 4.94. The van der Waals surface area contributed by atoms with E-state index in [2.05, 4.69) is 20.4 Å². The van der Waals surface area contributed by atoms with Gasteiger partial charge in [-0.3, -0.25) is 14.5 Å². The predicted molar refractivity (Wildman–Crippen MR) is 106 cm³/mol. The van der Waals surface area contributed by atoms with Gasteiger partial charge in [0, 0.05) is 5.57 Å². The summed E-state index contributed by atoms with van der Waals surface area (Å²) in [5, 5.41) is 8.97. The van der Waals surface area contributed by atoms with Crippen LogP contribution in [-0.4, -0.2) is 38.3 Å². The van der Waals surface area contributed by atoms with E-state index in [1.165, 1.54) is 0 Å². The third-order valence-corrected chi connectivity index (χ3v) is 5.81. The van der Waals surface area contributed by atoms with Crippen LogP contribution in [-0.2, 0) is 16.0 Å². The minimum atomic E-state index is -1.10. The topological polar surface area (TPSA) is 66.8 Å². The molecule has 1 N–H and O–H groups in total. The van der Waals surface area contributed by atoms with Crippen molar-refractivity contribution >= 4 is 45.7 Å². The Morgan fingerprint density at radius 1 is 1.50 bits per heavy atom. The number of thioether (sulfide) groups is 1. The van der Waals surface area contributed by atoms with E-state index in [0.717, 1.165) is 46.4 Å². The minimum absolute atomic E-state index is 0.185. The first-order valence-electron chi connectivity index (χ1n) is 8.16. The van der Waals surface area contributed by atoms with Crippen LogP contribution in [0.15, 0.2) is 35.8 Å². The van der Waals surface area contributed by atoms with Crippen molar-refractivity contribution in [2.75, 3.05) is 6.54 Å². The average Bonchev–Trinajstić information content (AvgIpc) is 2.83. The van der Waals surface area contributed by atoms with Gasteiger partial charge in [0.25, 0.3) is 5.91 Å². The zero-order chi connectivity index (χ0) is 19.1. The summed E-state index contributed by atoms with van der Waals surface area (Å²) in [6.45, 7) is 7.52. The smallest absolute Gasteiger partial charge is 0.323 e. The van der Waals surface area contributed by atoms with Crippen molar-refractivity contribution in [1.29, 1.82) is 0 Å². The quantitative estimate of drug-likeness (QED) is 0.627. The van der Waals surface area contributed by atoms with Crippen molar-refractivity contribution in [3.63, 3.8) is 0 Å². The lowest BCUT2D eigenvalue weighted by atomic mass is 9.92. The highest BCUT2D eigenvalue weighted by Crippen LogP contribution is 2.39. The molecule has 1 fully saturated rings. The molecule has 0 aromatic heterocycles. The second-order valence-electron chi connectivity index (χ2n) is 6.78. The Morgan fingerprint density at radius 2 is 2.23 bits per heavy atom. The SMILES string of the molecule is C=CC(=C1SC(=S)N(CC(=O)O)C1=O)c1ccc2c(c1)CCC(C)(C)O2. The Bertz CT molecular complexity index is 857. The zero-order valence-corrected chi connectivity index (χ0v) is 16.2. The standard InChI is InChI=1S/C19H19NO4S2/c1-4-13(16-17(23)20(10-15(21)22)18(25)26-16)11-5-6-14-12(9-11)7-8-19(2,3)24-14/h4-6,9H,1,7-8,10H2,2-3H3,(H,21,22). The van der Waals surface area contributed by atoms with Gasteiger partial charge in [-0.05, 0) is 49.9 Å². The number of rotatable bonds is 4. The normalized spacial score (nSPS) is 20.5. The molecule has 0 unspecified atom stereocenters. The van der Waals surface area contributed by atoms with Crippen molar-refractivity contribution in [1.82, 2.24) is 4.90 Å². The first kappa shape index (κ1) is 18.7. The molecular weight excluding hydrogens is 370 g/mol. The second-order valence-corrected chi connectivity index (χ2v) is 8.43. The Labute approximate surface area is 161 Å². The predicted octanol–water partition coefficient (Wildman–Crippen LogP) is 3.63. The number of carboxylic acid groups (broad SMARTS) is 1. The van der Waals surface area contributed by atoms with Gasteiger partial charge in [0.1, 0.15) is 22.2 Å². The zero-order valence-electron chi connectivity index (χ0n) is 14.6. The molecule has 0 saturated carbocycles. The number of hydrogen-bond acceptors (Lipinski definition) is 5. The lowest BCUT2D eigenvalue weighted by Gasteiger charge is -2.32. The summed E-state index contributed by atoms with van der Waals surface area (Å²) in [6.07, 6.45) is 3.41. The number of carbonyl (C=O) groups is 2. The highest BCUT2D eigenvalue weighted by Gasteiger charge is 2.35. The van der Waals surface area contributed by atoms with Gasteiger partial charge >= 0.3 is 5.97 Å². The number of aliphatic carboxylic acids is 1. The van der Waals surface area contributed by atoms with Crippen LogP contribution in [0.2, 0.25) is 0 Å². The molecule has 1 saturated heterocycles. The highest BCUT2D eigenvalue weighted by atomic mass is 32.2. The summed E-state index contributed by atoms with van der Waals surface area (Å²) in [5.74, 6) is -0.643. The van der Waals surface area contributed by atoms with Crippen molar-refractivity contribution in [3.05, 3.63) is 46.9 Å². The van der Waals surface area contributed by atoms with Crippen LogP contribution >= 0.6 is 24.0 Å². The van der Waals surface area contributed by atoms with Crippen LogP contribution in [0, 0.1) is 0 Å². The van der Waals surface area contributed by atoms with Crippen molar-refractivity contribution in [3.8, 4) is 5.75 Å². The van der Waals surface area contributed by atoms with Gasteiger partial charge < -0.3 is 9.84 Å². The molecular formula is C19H19NO4S2. The number of carbonyl (C=O) groups excluding carboxylic acids is 1. The summed E-state index contributed by atoms with van der Waals surface area (Å²) in [6, 6.07) is 5.80. The molecule has 1 aromatic rings. The molecule has 3 rings (SSSR count). The fraction of sp³-hybridized carbons (Fsp3) is 0.316. The van der Waals surface area contributed by atoms with Gasteiger partial charge in [0.05, 0.1) is 4.91 Å². The lowest BCUT2D eigenvalue weighted by molar-refractivity contribution is -0.140. The second kappa shape index (κ2) is 6.89. The molecule has 2 heterocycles. The summed E-state index contributed by atoms with van der Waals surface area (Å²) >= 11 is 6.28. The highest BCUT2D eigenvalue weighted by molar-refractivity contribution is 8.26. The van der Waals surface area contributed by atoms with E-state index in [0.29, 0.717) is 10.5 Å². The average molecular weight is 389 g/mol. The van der Waals surface area contributed by atoms with Crippen LogP contribution in [0.3, 0.4) is 0 Å². The fourth-order valence-electron chi connectivity index (χ4n) is 3.00. The molecule has 2 aliphatic heterocycles. The number of ether oxygens (including phenoxy) is 1. The van der Waals surface area contributed by atoms with Gasteiger partial charge in [0.15, 0.2) is 0 Å². The maximum absolute atomic E-state index is 12.6. The van der Waals surface area contributed by atoms with Gasteiger partial charge in [-0.1, -0.05) is 42.7 Å². The van der Waals surface area contributed by atoms with E-state index < -0.39 is 18.4 Å². The third kappa shape index (κ3) is 3.54. The Balaban J connectivity index is 1.98. The summed E-state index contributed by atoms with van der Waals surface area (Å²) < 4.78 is 6.25. The van der Waals surface area contributed by atoms with Crippen LogP contribution in [0.1, 0.15) is 31.4 Å². The van der Waals surface area contributed by atoms with Crippen molar-refractivity contribution in [2.24, 2.45) is 0 Å². The molecule has 1 amide bonds. The van der Waals surface area contributed by atoms with E-state index in [4.69, 9.17) is 22.1 Å². The minimum Gasteiger partial charge on any atom is -0.488 e. The number of fused-ring (bicyclic) bond motifs is 1. The van der Waals surface area contributed by atoms with E-state index in [1.54, 1.807) is 6.08 Å². The van der Waals surface area contributed by atoms with Crippen LogP contribution in [0.5, 0.6) is 5.75 Å². The number of thiocarbonyl (C=S) groups is 1. The Hall–Kier alpha value is -2.12. The maximum atomic E-state index is 12.6. The monoisotopic (exact) mass is 389 g/mol. The molecule has 5 nitrogen and oxygen atoms in total. The van der Waals surface area contributed by atoms with E-state index >= 15 is 0 Å². The molecule has 2 aliphatic rings. The molecule has 0 aliphatic carbocycles. The van der Waals surface area contributed by atoms with Gasteiger partial charge in [-0.15, -0.1) is 0 Å². The number of benzene rings is 1. The van der Waals surface area contributed by atoms with Gasteiger partial charge in [-0.25, -0.2) is 0 Å². The summed E-state index contributed by atoms with van der Waals surface area (Å²) in [7, 11) is 0. The number of amides is 1. The van der Waals surface area contributed by atoms with E-state index in [9.17, 15) is 9.59 Å². The molecule has 0 bridgehead atoms. The number of aryl methyl sites for hydroxylation is 1. The molecule has 7 heteroatoms. The lowest BCUT2D eigenvalue weighted by Crippen LogP contribution is -2.33. The van der Waals surface area contributed by atoms with Crippen LogP contribution in [0.25, 0.3) is 5.57 Å². The number of hydrogen-bond donors (Lipinski definition) is 1. The molecule has 26 heavy (non-hydrogen) atoms.